The molecule has 0 saturated carbocycles. The van der Waals surface area contributed by atoms with E-state index in [9.17, 15) is 26.3 Å². The summed E-state index contributed by atoms with van der Waals surface area (Å²) in [6, 6.07) is 0. The second-order valence-corrected chi connectivity index (χ2v) is 2.73. The van der Waals surface area contributed by atoms with Crippen LogP contribution in [-0.2, 0) is 4.74 Å². The van der Waals surface area contributed by atoms with E-state index < -0.39 is 23.5 Å². The molecule has 0 aliphatic carbocycles. The van der Waals surface area contributed by atoms with Gasteiger partial charge in [0, 0.05) is 0 Å². The molecule has 0 N–H and O–H groups in total. The van der Waals surface area contributed by atoms with Crippen molar-refractivity contribution in [1.82, 2.24) is 0 Å². The largest absolute Gasteiger partial charge is 0.419 e. The van der Waals surface area contributed by atoms with E-state index in [1.807, 2.05) is 0 Å². The molecule has 0 unspecified atom stereocenters. The predicted molar refractivity (Wildman–Crippen MR) is 25.6 cm³/mol. The molecule has 1 saturated heterocycles. The summed E-state index contributed by atoms with van der Waals surface area (Å²) in [6.07, 6.45) is -13.1. The minimum atomic E-state index is -5.22. The highest BCUT2D eigenvalue weighted by Gasteiger charge is 2.79. The van der Waals surface area contributed by atoms with Crippen LogP contribution in [0.3, 0.4) is 0 Å². The van der Waals surface area contributed by atoms with Crippen LogP contribution in [-0.4, -0.2) is 23.5 Å². The molecule has 72 valence electrons. The first-order valence-corrected chi connectivity index (χ1v) is 2.97. The SMILES string of the molecule is FC(F)(F)[C@H]1OC(F)(F)[C@@]1(F)Cl. The lowest BCUT2D eigenvalue weighted by Crippen LogP contribution is -2.69. The third-order valence-corrected chi connectivity index (χ3v) is 1.70. The first-order chi connectivity index (χ1) is 5.09. The van der Waals surface area contributed by atoms with Gasteiger partial charge in [-0.3, -0.25) is 4.74 Å². The Labute approximate surface area is 67.2 Å². The van der Waals surface area contributed by atoms with Gasteiger partial charge in [0.15, 0.2) is 0 Å². The van der Waals surface area contributed by atoms with E-state index in [1.165, 1.54) is 0 Å². The third kappa shape index (κ3) is 1.15. The standard InChI is InChI=1S/C4HClF6O/c5-2(6)1(3(7,8)9)12-4(2,10)11/h1H/t1-,2+/m0/s1. The number of hydrogen-bond acceptors (Lipinski definition) is 1. The number of hydrogen-bond donors (Lipinski definition) is 0. The maximum Gasteiger partial charge on any atom is 0.419 e. The van der Waals surface area contributed by atoms with Gasteiger partial charge in [0.25, 0.3) is 0 Å². The van der Waals surface area contributed by atoms with Gasteiger partial charge in [0.1, 0.15) is 0 Å². The zero-order chi connectivity index (χ0) is 9.78. The topological polar surface area (TPSA) is 9.23 Å². The zero-order valence-corrected chi connectivity index (χ0v) is 5.89. The molecule has 8 heteroatoms. The third-order valence-electron chi connectivity index (χ3n) is 1.28. The Morgan fingerprint density at radius 2 is 1.58 bits per heavy atom. The van der Waals surface area contributed by atoms with Crippen molar-refractivity contribution in [3.05, 3.63) is 0 Å². The quantitative estimate of drug-likeness (QED) is 0.445. The summed E-state index contributed by atoms with van der Waals surface area (Å²) in [7, 11) is 0. The minimum absolute atomic E-state index is 2.94. The molecule has 1 fully saturated rings. The lowest BCUT2D eigenvalue weighted by Gasteiger charge is -2.44. The molecule has 1 rings (SSSR count). The summed E-state index contributed by atoms with van der Waals surface area (Å²) in [5.41, 5.74) is 0. The van der Waals surface area contributed by atoms with Gasteiger partial charge >= 0.3 is 17.4 Å². The lowest BCUT2D eigenvalue weighted by molar-refractivity contribution is -0.457. The Bertz CT molecular complexity index is 198. The van der Waals surface area contributed by atoms with Crippen molar-refractivity contribution >= 4 is 11.6 Å². The highest BCUT2D eigenvalue weighted by Crippen LogP contribution is 2.56. The monoisotopic (exact) mass is 214 g/mol. The van der Waals surface area contributed by atoms with Crippen LogP contribution in [0.5, 0.6) is 0 Å². The Balaban J connectivity index is 2.80. The predicted octanol–water partition coefficient (Wildman–Crippen LogP) is 2.44. The average molecular weight is 214 g/mol. The van der Waals surface area contributed by atoms with Gasteiger partial charge in [0.2, 0.25) is 6.10 Å². The zero-order valence-electron chi connectivity index (χ0n) is 5.13. The number of halogens is 7. The summed E-state index contributed by atoms with van der Waals surface area (Å²) in [6.45, 7) is 0. The number of alkyl halides is 7. The fraction of sp³-hybridized carbons (Fsp3) is 1.00. The molecule has 0 radical (unpaired) electrons. The summed E-state index contributed by atoms with van der Waals surface area (Å²) in [5, 5.41) is -4.19. The van der Waals surface area contributed by atoms with Crippen LogP contribution in [0.2, 0.25) is 0 Å². The summed E-state index contributed by atoms with van der Waals surface area (Å²) < 4.78 is 73.7. The first-order valence-electron chi connectivity index (χ1n) is 2.59. The molecule has 0 amide bonds. The van der Waals surface area contributed by atoms with Crippen molar-refractivity contribution in [2.24, 2.45) is 0 Å². The maximum absolute atomic E-state index is 12.3. The molecule has 12 heavy (non-hydrogen) atoms. The van der Waals surface area contributed by atoms with E-state index in [-0.39, 0.29) is 0 Å². The van der Waals surface area contributed by atoms with E-state index >= 15 is 0 Å². The van der Waals surface area contributed by atoms with Gasteiger partial charge in [-0.2, -0.15) is 22.0 Å². The molecule has 2 atom stereocenters. The van der Waals surface area contributed by atoms with E-state index in [2.05, 4.69) is 16.3 Å². The molecule has 1 nitrogen and oxygen atoms in total. The maximum atomic E-state index is 12.3. The van der Waals surface area contributed by atoms with Gasteiger partial charge < -0.3 is 0 Å². The van der Waals surface area contributed by atoms with Crippen LogP contribution in [0.1, 0.15) is 0 Å². The highest BCUT2D eigenvalue weighted by molar-refractivity contribution is 6.24. The van der Waals surface area contributed by atoms with Crippen LogP contribution in [0, 0.1) is 0 Å². The molecule has 0 aromatic heterocycles. The van der Waals surface area contributed by atoms with Gasteiger partial charge in [-0.1, -0.05) is 11.6 Å². The molecular weight excluding hydrogens is 213 g/mol. The normalized spacial score (nSPS) is 40.8. The van der Waals surface area contributed by atoms with Gasteiger partial charge in [-0.25, -0.2) is 4.39 Å². The van der Waals surface area contributed by atoms with Crippen LogP contribution in [0.4, 0.5) is 26.3 Å². The molecule has 1 aliphatic heterocycles. The van der Waals surface area contributed by atoms with E-state index in [0.29, 0.717) is 0 Å². The summed E-state index contributed by atoms with van der Waals surface area (Å²) in [4.78, 5) is 0. The lowest BCUT2D eigenvalue weighted by atomic mass is 10.1. The Morgan fingerprint density at radius 1 is 1.17 bits per heavy atom. The van der Waals surface area contributed by atoms with Crippen molar-refractivity contribution in [3.63, 3.8) is 0 Å². The summed E-state index contributed by atoms with van der Waals surface area (Å²) >= 11 is 4.29. The minimum Gasteiger partial charge on any atom is -0.299 e. The van der Waals surface area contributed by atoms with E-state index in [4.69, 9.17) is 0 Å². The molecule has 0 aromatic carbocycles. The van der Waals surface area contributed by atoms with E-state index in [0.717, 1.165) is 0 Å². The molecular formula is C4HClF6O. The van der Waals surface area contributed by atoms with Crippen LogP contribution in [0.15, 0.2) is 0 Å². The van der Waals surface area contributed by atoms with Crippen molar-refractivity contribution in [3.8, 4) is 0 Å². The van der Waals surface area contributed by atoms with Crippen molar-refractivity contribution < 1.29 is 31.1 Å². The Hall–Kier alpha value is -0.170. The van der Waals surface area contributed by atoms with Crippen LogP contribution in [0.25, 0.3) is 0 Å². The average Bonchev–Trinajstić information content (AvgIpc) is 1.81. The molecule has 0 spiro atoms. The molecule has 0 bridgehead atoms. The van der Waals surface area contributed by atoms with Gasteiger partial charge in [0.05, 0.1) is 0 Å². The molecule has 1 heterocycles. The van der Waals surface area contributed by atoms with Crippen LogP contribution < -0.4 is 0 Å². The fourth-order valence-electron chi connectivity index (χ4n) is 0.667. The van der Waals surface area contributed by atoms with Crippen LogP contribution >= 0.6 is 11.6 Å². The number of rotatable bonds is 0. The van der Waals surface area contributed by atoms with Gasteiger partial charge in [-0.05, 0) is 0 Å². The van der Waals surface area contributed by atoms with Crippen molar-refractivity contribution in [1.29, 1.82) is 0 Å². The molecule has 0 aromatic rings. The number of ether oxygens (including phenoxy) is 1. The Morgan fingerprint density at radius 3 is 1.67 bits per heavy atom. The Kier molecular flexibility index (Phi) is 1.81. The fourth-order valence-corrected chi connectivity index (χ4v) is 0.880. The second-order valence-electron chi connectivity index (χ2n) is 2.18. The highest BCUT2D eigenvalue weighted by atomic mass is 35.5. The second kappa shape index (κ2) is 2.20. The van der Waals surface area contributed by atoms with E-state index in [1.54, 1.807) is 0 Å². The first kappa shape index (κ1) is 9.91. The van der Waals surface area contributed by atoms with Gasteiger partial charge in [-0.15, -0.1) is 0 Å². The smallest absolute Gasteiger partial charge is 0.299 e. The van der Waals surface area contributed by atoms with Crippen molar-refractivity contribution in [2.75, 3.05) is 0 Å². The summed E-state index contributed by atoms with van der Waals surface area (Å²) in [5.74, 6) is 0. The van der Waals surface area contributed by atoms with Crippen molar-refractivity contribution in [2.45, 2.75) is 23.5 Å². The molecule has 1 aliphatic rings.